The number of alkyl carbamates (subject to hydrolysis) is 1. The van der Waals surface area contributed by atoms with Crippen LogP contribution in [0.2, 0.25) is 0 Å². The molecule has 0 heterocycles. The molecule has 0 bridgehead atoms. The molecule has 0 saturated carbocycles. The second kappa shape index (κ2) is 8.57. The lowest BCUT2D eigenvalue weighted by Gasteiger charge is -2.16. The van der Waals surface area contributed by atoms with Gasteiger partial charge in [-0.3, -0.25) is 4.79 Å². The van der Waals surface area contributed by atoms with Crippen molar-refractivity contribution in [3.63, 3.8) is 0 Å². The van der Waals surface area contributed by atoms with Gasteiger partial charge in [0.2, 0.25) is 5.91 Å². The zero-order chi connectivity index (χ0) is 15.7. The summed E-state index contributed by atoms with van der Waals surface area (Å²) in [6, 6.07) is 8.12. The molecule has 0 aromatic heterocycles. The van der Waals surface area contributed by atoms with Gasteiger partial charge in [0.1, 0.15) is 12.6 Å². The van der Waals surface area contributed by atoms with Gasteiger partial charge in [-0.2, -0.15) is 0 Å². The van der Waals surface area contributed by atoms with Crippen LogP contribution in [0.15, 0.2) is 30.3 Å². The van der Waals surface area contributed by atoms with Crippen molar-refractivity contribution in [2.45, 2.75) is 19.6 Å². The van der Waals surface area contributed by atoms with Crippen LogP contribution in [0.1, 0.15) is 12.5 Å². The van der Waals surface area contributed by atoms with Gasteiger partial charge < -0.3 is 20.1 Å². The largest absolute Gasteiger partial charge is 0.467 e. The molecule has 1 rings (SSSR count). The second-order valence-corrected chi connectivity index (χ2v) is 4.22. The minimum atomic E-state index is -0.998. The Morgan fingerprint density at radius 2 is 1.86 bits per heavy atom. The third kappa shape index (κ3) is 6.42. The Hall–Kier alpha value is -2.57. The molecule has 1 aromatic rings. The highest BCUT2D eigenvalue weighted by Gasteiger charge is 2.22. The number of hydrogen-bond acceptors (Lipinski definition) is 5. The first-order valence-corrected chi connectivity index (χ1v) is 6.32. The first-order chi connectivity index (χ1) is 10.0. The van der Waals surface area contributed by atoms with E-state index >= 15 is 0 Å². The highest BCUT2D eigenvalue weighted by molar-refractivity contribution is 5.82. The van der Waals surface area contributed by atoms with Crippen LogP contribution in [0.3, 0.4) is 0 Å². The molecule has 0 radical (unpaired) electrons. The molecule has 0 aliphatic carbocycles. The molecule has 7 heteroatoms. The molecule has 2 N–H and O–H groups in total. The quantitative estimate of drug-likeness (QED) is 0.749. The van der Waals surface area contributed by atoms with E-state index < -0.39 is 18.1 Å². The summed E-state index contributed by atoms with van der Waals surface area (Å²) in [7, 11) is 1.19. The third-order valence-electron chi connectivity index (χ3n) is 2.55. The topological polar surface area (TPSA) is 93.7 Å². The van der Waals surface area contributed by atoms with Crippen molar-refractivity contribution in [2.75, 3.05) is 13.7 Å². The third-order valence-corrected chi connectivity index (χ3v) is 2.55. The van der Waals surface area contributed by atoms with Crippen molar-refractivity contribution in [1.29, 1.82) is 0 Å². The number of amides is 2. The van der Waals surface area contributed by atoms with Crippen LogP contribution in [0.4, 0.5) is 4.79 Å². The van der Waals surface area contributed by atoms with Crippen LogP contribution in [-0.2, 0) is 25.7 Å². The highest BCUT2D eigenvalue weighted by Crippen LogP contribution is 2.01. The van der Waals surface area contributed by atoms with Crippen LogP contribution in [0.5, 0.6) is 0 Å². The van der Waals surface area contributed by atoms with Gasteiger partial charge in [0.05, 0.1) is 7.11 Å². The Morgan fingerprint density at radius 1 is 1.19 bits per heavy atom. The average molecular weight is 294 g/mol. The number of esters is 1. The van der Waals surface area contributed by atoms with E-state index in [-0.39, 0.29) is 19.1 Å². The van der Waals surface area contributed by atoms with Gasteiger partial charge in [0.15, 0.2) is 0 Å². The van der Waals surface area contributed by atoms with E-state index in [1.807, 2.05) is 30.3 Å². The normalized spacial score (nSPS) is 11.1. The van der Waals surface area contributed by atoms with Crippen LogP contribution in [-0.4, -0.2) is 37.7 Å². The summed E-state index contributed by atoms with van der Waals surface area (Å²) >= 11 is 0. The van der Waals surface area contributed by atoms with Crippen molar-refractivity contribution >= 4 is 18.0 Å². The molecule has 0 spiro atoms. The van der Waals surface area contributed by atoms with E-state index in [4.69, 9.17) is 4.74 Å². The Kier molecular flexibility index (Phi) is 6.73. The molecule has 114 valence electrons. The van der Waals surface area contributed by atoms with Gasteiger partial charge >= 0.3 is 12.1 Å². The Bertz CT molecular complexity index is 489. The van der Waals surface area contributed by atoms with Gasteiger partial charge in [0.25, 0.3) is 0 Å². The van der Waals surface area contributed by atoms with Gasteiger partial charge in [-0.15, -0.1) is 0 Å². The number of nitrogens with one attached hydrogen (secondary N) is 2. The van der Waals surface area contributed by atoms with Crippen LogP contribution in [0, 0.1) is 0 Å². The number of ether oxygens (including phenoxy) is 2. The van der Waals surface area contributed by atoms with E-state index in [1.165, 1.54) is 14.0 Å². The number of hydrogen-bond donors (Lipinski definition) is 2. The van der Waals surface area contributed by atoms with Crippen molar-refractivity contribution in [3.05, 3.63) is 35.9 Å². The highest BCUT2D eigenvalue weighted by atomic mass is 16.6. The minimum Gasteiger partial charge on any atom is -0.467 e. The lowest BCUT2D eigenvalue weighted by Crippen LogP contribution is -2.48. The number of rotatable bonds is 6. The Balaban J connectivity index is 2.47. The van der Waals surface area contributed by atoms with E-state index in [2.05, 4.69) is 15.4 Å². The Morgan fingerprint density at radius 3 is 2.43 bits per heavy atom. The van der Waals surface area contributed by atoms with Gasteiger partial charge in [0, 0.05) is 13.5 Å². The summed E-state index contributed by atoms with van der Waals surface area (Å²) in [6.07, 6.45) is -0.764. The summed E-state index contributed by atoms with van der Waals surface area (Å²) in [5, 5.41) is 4.77. The number of benzene rings is 1. The van der Waals surface area contributed by atoms with Crippen molar-refractivity contribution < 1.29 is 23.9 Å². The van der Waals surface area contributed by atoms with Crippen molar-refractivity contribution in [3.8, 4) is 0 Å². The zero-order valence-electron chi connectivity index (χ0n) is 11.9. The SMILES string of the molecule is COC(=O)[C@H](CNC(C)=O)NC(=O)OCc1ccccc1. The van der Waals surface area contributed by atoms with Crippen molar-refractivity contribution in [1.82, 2.24) is 10.6 Å². The predicted octanol–water partition coefficient (Wildman–Crippen LogP) is 0.590. The molecule has 2 amide bonds. The average Bonchev–Trinajstić information content (AvgIpc) is 2.49. The fourth-order valence-electron chi connectivity index (χ4n) is 1.49. The fourth-order valence-corrected chi connectivity index (χ4v) is 1.49. The number of carbonyl (C=O) groups is 3. The van der Waals surface area contributed by atoms with E-state index in [0.717, 1.165) is 5.56 Å². The fraction of sp³-hybridized carbons (Fsp3) is 0.357. The molecular formula is C14H18N2O5. The van der Waals surface area contributed by atoms with Gasteiger partial charge in [-0.25, -0.2) is 9.59 Å². The van der Waals surface area contributed by atoms with Crippen LogP contribution < -0.4 is 10.6 Å². The van der Waals surface area contributed by atoms with E-state index in [0.29, 0.717) is 0 Å². The molecule has 0 aliphatic heterocycles. The molecule has 1 aromatic carbocycles. The van der Waals surface area contributed by atoms with Gasteiger partial charge in [-0.1, -0.05) is 30.3 Å². The lowest BCUT2D eigenvalue weighted by molar-refractivity contribution is -0.142. The first-order valence-electron chi connectivity index (χ1n) is 6.32. The zero-order valence-corrected chi connectivity index (χ0v) is 11.9. The van der Waals surface area contributed by atoms with Crippen LogP contribution in [0.25, 0.3) is 0 Å². The molecule has 0 fully saturated rings. The summed E-state index contributed by atoms with van der Waals surface area (Å²) in [5.41, 5.74) is 0.823. The lowest BCUT2D eigenvalue weighted by atomic mass is 10.2. The monoisotopic (exact) mass is 294 g/mol. The van der Waals surface area contributed by atoms with Gasteiger partial charge in [-0.05, 0) is 5.56 Å². The first kappa shape index (κ1) is 16.5. The second-order valence-electron chi connectivity index (χ2n) is 4.22. The molecule has 21 heavy (non-hydrogen) atoms. The smallest absolute Gasteiger partial charge is 0.408 e. The summed E-state index contributed by atoms with van der Waals surface area (Å²) in [5.74, 6) is -0.983. The molecule has 0 aliphatic rings. The predicted molar refractivity (Wildman–Crippen MR) is 74.3 cm³/mol. The van der Waals surface area contributed by atoms with E-state index in [9.17, 15) is 14.4 Å². The number of carbonyl (C=O) groups excluding carboxylic acids is 3. The van der Waals surface area contributed by atoms with Crippen LogP contribution >= 0.6 is 0 Å². The number of methoxy groups -OCH3 is 1. The summed E-state index contributed by atoms with van der Waals surface area (Å²) < 4.78 is 9.54. The molecular weight excluding hydrogens is 276 g/mol. The summed E-state index contributed by atoms with van der Waals surface area (Å²) in [4.78, 5) is 34.0. The standard InChI is InChI=1S/C14H18N2O5/c1-10(17)15-8-12(13(18)20-2)16-14(19)21-9-11-6-4-3-5-7-11/h3-7,12H,8-9H2,1-2H3,(H,15,17)(H,16,19)/t12-/m0/s1. The molecule has 7 nitrogen and oxygen atoms in total. The molecule has 0 unspecified atom stereocenters. The van der Waals surface area contributed by atoms with E-state index in [1.54, 1.807) is 0 Å². The maximum atomic E-state index is 11.6. The molecule has 0 saturated heterocycles. The minimum absolute atomic E-state index is 0.0670. The Labute approximate surface area is 122 Å². The maximum Gasteiger partial charge on any atom is 0.408 e. The maximum absolute atomic E-state index is 11.6. The molecule has 1 atom stereocenters. The summed E-state index contributed by atoms with van der Waals surface area (Å²) in [6.45, 7) is 1.32. The van der Waals surface area contributed by atoms with Crippen molar-refractivity contribution in [2.24, 2.45) is 0 Å².